The van der Waals surface area contributed by atoms with Gasteiger partial charge in [0.05, 0.1) is 13.7 Å². The molecule has 0 saturated heterocycles. The first-order chi connectivity index (χ1) is 12.0. The van der Waals surface area contributed by atoms with Gasteiger partial charge >= 0.3 is 0 Å². The fourth-order valence-electron chi connectivity index (χ4n) is 2.03. The van der Waals surface area contributed by atoms with E-state index in [9.17, 15) is 9.59 Å². The van der Waals surface area contributed by atoms with E-state index in [0.717, 1.165) is 6.42 Å². The zero-order chi connectivity index (χ0) is 18.2. The van der Waals surface area contributed by atoms with Gasteiger partial charge in [-0.25, -0.2) is 0 Å². The second-order valence-corrected chi connectivity index (χ2v) is 5.57. The third-order valence-electron chi connectivity index (χ3n) is 3.26. The Bertz CT molecular complexity index is 764. The Kier molecular flexibility index (Phi) is 6.65. The molecule has 0 aliphatic rings. The van der Waals surface area contributed by atoms with Gasteiger partial charge in [0.15, 0.2) is 11.5 Å². The summed E-state index contributed by atoms with van der Waals surface area (Å²) in [5.41, 5.74) is 5.36. The van der Waals surface area contributed by atoms with Crippen LogP contribution >= 0.6 is 11.6 Å². The number of carbonyl (C=O) groups is 2. The summed E-state index contributed by atoms with van der Waals surface area (Å²) in [6.07, 6.45) is 0.862. The number of nitrogens with one attached hydrogen (secondary N) is 2. The molecule has 0 unspecified atom stereocenters. The fraction of sp³-hybridized carbons (Fsp3) is 0.222. The van der Waals surface area contributed by atoms with Crippen LogP contribution in [0.3, 0.4) is 0 Å². The van der Waals surface area contributed by atoms with E-state index in [1.165, 1.54) is 13.2 Å². The standard InChI is InChI=1S/C18H19ClN2O4/c1-3-9-25-15-8-7-13(11-16(15)24-2)18(23)21-20-17(22)12-5-4-6-14(19)10-12/h4-8,10-11H,3,9H2,1-2H3,(H,20,22)(H,21,23). The smallest absolute Gasteiger partial charge is 0.269 e. The number of amides is 2. The highest BCUT2D eigenvalue weighted by Gasteiger charge is 2.13. The minimum absolute atomic E-state index is 0.326. The first-order valence-corrected chi connectivity index (χ1v) is 8.10. The van der Waals surface area contributed by atoms with E-state index in [-0.39, 0.29) is 0 Å². The largest absolute Gasteiger partial charge is 0.493 e. The maximum atomic E-state index is 12.2. The van der Waals surface area contributed by atoms with E-state index in [4.69, 9.17) is 21.1 Å². The third-order valence-corrected chi connectivity index (χ3v) is 3.50. The zero-order valence-corrected chi connectivity index (χ0v) is 14.7. The monoisotopic (exact) mass is 362 g/mol. The topological polar surface area (TPSA) is 76.7 Å². The van der Waals surface area contributed by atoms with Gasteiger partial charge in [0.1, 0.15) is 0 Å². The van der Waals surface area contributed by atoms with Gasteiger partial charge in [0.2, 0.25) is 0 Å². The third kappa shape index (κ3) is 5.12. The molecule has 0 bridgehead atoms. The molecule has 25 heavy (non-hydrogen) atoms. The van der Waals surface area contributed by atoms with Gasteiger partial charge in [-0.05, 0) is 42.8 Å². The Labute approximate surface area is 151 Å². The molecule has 132 valence electrons. The lowest BCUT2D eigenvalue weighted by atomic mass is 10.2. The van der Waals surface area contributed by atoms with Crippen molar-refractivity contribution >= 4 is 23.4 Å². The molecule has 0 aromatic heterocycles. The van der Waals surface area contributed by atoms with Crippen molar-refractivity contribution in [1.82, 2.24) is 10.9 Å². The molecular formula is C18H19ClN2O4. The molecule has 0 radical (unpaired) electrons. The Morgan fingerprint density at radius 1 is 1.00 bits per heavy atom. The van der Waals surface area contributed by atoms with E-state index in [1.807, 2.05) is 6.92 Å². The summed E-state index contributed by atoms with van der Waals surface area (Å²) in [5, 5.41) is 0.436. The zero-order valence-electron chi connectivity index (χ0n) is 14.0. The normalized spacial score (nSPS) is 10.0. The van der Waals surface area contributed by atoms with Gasteiger partial charge in [-0.3, -0.25) is 20.4 Å². The van der Waals surface area contributed by atoms with Gasteiger partial charge in [-0.1, -0.05) is 24.6 Å². The first kappa shape index (κ1) is 18.6. The van der Waals surface area contributed by atoms with Crippen LogP contribution in [-0.4, -0.2) is 25.5 Å². The molecule has 0 saturated carbocycles. The molecule has 2 aromatic carbocycles. The van der Waals surface area contributed by atoms with E-state index >= 15 is 0 Å². The highest BCUT2D eigenvalue weighted by Crippen LogP contribution is 2.28. The van der Waals surface area contributed by atoms with Crippen molar-refractivity contribution in [3.63, 3.8) is 0 Å². The summed E-state index contributed by atoms with van der Waals surface area (Å²) in [5.74, 6) is 0.0626. The van der Waals surface area contributed by atoms with Crippen LogP contribution < -0.4 is 20.3 Å². The van der Waals surface area contributed by atoms with Crippen molar-refractivity contribution in [1.29, 1.82) is 0 Å². The molecule has 2 aromatic rings. The van der Waals surface area contributed by atoms with Crippen LogP contribution in [0.5, 0.6) is 11.5 Å². The van der Waals surface area contributed by atoms with Crippen LogP contribution in [0, 0.1) is 0 Å². The van der Waals surface area contributed by atoms with E-state index in [2.05, 4.69) is 10.9 Å². The van der Waals surface area contributed by atoms with Crippen molar-refractivity contribution in [3.8, 4) is 11.5 Å². The first-order valence-electron chi connectivity index (χ1n) is 7.72. The Morgan fingerprint density at radius 3 is 2.28 bits per heavy atom. The minimum Gasteiger partial charge on any atom is -0.493 e. The number of ether oxygens (including phenoxy) is 2. The summed E-state index contributed by atoms with van der Waals surface area (Å²) >= 11 is 5.84. The van der Waals surface area contributed by atoms with Crippen molar-refractivity contribution in [2.75, 3.05) is 13.7 Å². The van der Waals surface area contributed by atoms with Gasteiger partial charge in [0.25, 0.3) is 11.8 Å². The highest BCUT2D eigenvalue weighted by atomic mass is 35.5. The Hall–Kier alpha value is -2.73. The molecule has 2 N–H and O–H groups in total. The lowest BCUT2D eigenvalue weighted by Crippen LogP contribution is -2.41. The maximum absolute atomic E-state index is 12.2. The molecule has 0 atom stereocenters. The Balaban J connectivity index is 2.01. The summed E-state index contributed by atoms with van der Waals surface area (Å²) in [6.45, 7) is 2.55. The highest BCUT2D eigenvalue weighted by molar-refractivity contribution is 6.30. The number of carbonyl (C=O) groups excluding carboxylic acids is 2. The number of hydrazine groups is 1. The maximum Gasteiger partial charge on any atom is 0.269 e. The molecule has 0 aliphatic carbocycles. The van der Waals surface area contributed by atoms with Gasteiger partial charge in [0, 0.05) is 16.1 Å². The quantitative estimate of drug-likeness (QED) is 0.773. The summed E-state index contributed by atoms with van der Waals surface area (Å²) < 4.78 is 10.8. The second-order valence-electron chi connectivity index (χ2n) is 5.13. The molecular weight excluding hydrogens is 344 g/mol. The summed E-state index contributed by atoms with van der Waals surface area (Å²) in [4.78, 5) is 24.2. The summed E-state index contributed by atoms with van der Waals surface area (Å²) in [6, 6.07) is 11.2. The van der Waals surface area contributed by atoms with Gasteiger partial charge in [-0.15, -0.1) is 0 Å². The van der Waals surface area contributed by atoms with Crippen LogP contribution in [0.4, 0.5) is 0 Å². The van der Waals surface area contributed by atoms with Crippen molar-refractivity contribution < 1.29 is 19.1 Å². The van der Waals surface area contributed by atoms with E-state index in [1.54, 1.807) is 36.4 Å². The van der Waals surface area contributed by atoms with Crippen LogP contribution in [0.2, 0.25) is 5.02 Å². The average molecular weight is 363 g/mol. The van der Waals surface area contributed by atoms with Crippen molar-refractivity contribution in [3.05, 3.63) is 58.6 Å². The molecule has 0 heterocycles. The molecule has 6 nitrogen and oxygen atoms in total. The number of halogens is 1. The molecule has 0 fully saturated rings. The van der Waals surface area contributed by atoms with Crippen molar-refractivity contribution in [2.45, 2.75) is 13.3 Å². The second kappa shape index (κ2) is 8.94. The number of rotatable bonds is 6. The van der Waals surface area contributed by atoms with E-state index in [0.29, 0.717) is 34.3 Å². The minimum atomic E-state index is -0.476. The van der Waals surface area contributed by atoms with Crippen LogP contribution in [0.25, 0.3) is 0 Å². The predicted molar refractivity (Wildman–Crippen MR) is 95.2 cm³/mol. The van der Waals surface area contributed by atoms with Gasteiger partial charge in [-0.2, -0.15) is 0 Å². The lowest BCUT2D eigenvalue weighted by molar-refractivity contribution is 0.0846. The Morgan fingerprint density at radius 2 is 1.68 bits per heavy atom. The van der Waals surface area contributed by atoms with Crippen LogP contribution in [0.15, 0.2) is 42.5 Å². The predicted octanol–water partition coefficient (Wildman–Crippen LogP) is 3.21. The fourth-order valence-corrected chi connectivity index (χ4v) is 2.22. The van der Waals surface area contributed by atoms with Crippen LogP contribution in [-0.2, 0) is 0 Å². The number of benzene rings is 2. The summed E-state index contributed by atoms with van der Waals surface area (Å²) in [7, 11) is 1.50. The SMILES string of the molecule is CCCOc1ccc(C(=O)NNC(=O)c2cccc(Cl)c2)cc1OC. The molecule has 0 spiro atoms. The average Bonchev–Trinajstić information content (AvgIpc) is 2.63. The molecule has 2 rings (SSSR count). The molecule has 7 heteroatoms. The molecule has 0 aliphatic heterocycles. The van der Waals surface area contributed by atoms with E-state index < -0.39 is 11.8 Å². The van der Waals surface area contributed by atoms with Crippen LogP contribution in [0.1, 0.15) is 34.1 Å². The number of hydrogen-bond acceptors (Lipinski definition) is 4. The lowest BCUT2D eigenvalue weighted by Gasteiger charge is -2.12. The van der Waals surface area contributed by atoms with Crippen molar-refractivity contribution in [2.24, 2.45) is 0 Å². The number of methoxy groups -OCH3 is 1. The number of hydrogen-bond donors (Lipinski definition) is 2. The van der Waals surface area contributed by atoms with Gasteiger partial charge < -0.3 is 9.47 Å². The molecule has 2 amide bonds.